The molecule has 3 heteroatoms. The Morgan fingerprint density at radius 3 is 2.44 bits per heavy atom. The Kier molecular flexibility index (Phi) is 6.58. The van der Waals surface area contributed by atoms with Crippen molar-refractivity contribution >= 4 is 12.6 Å². The number of aromatic nitrogens is 1. The zero-order valence-corrected chi connectivity index (χ0v) is 12.2. The van der Waals surface area contributed by atoms with Crippen LogP contribution >= 0.6 is 12.6 Å². The Bertz CT molecular complexity index is 451. The number of benzene rings is 1. The lowest BCUT2D eigenvalue weighted by Crippen LogP contribution is -1.87. The van der Waals surface area contributed by atoms with Gasteiger partial charge in [-0.1, -0.05) is 31.5 Å². The van der Waals surface area contributed by atoms with E-state index in [-0.39, 0.29) is 0 Å². The van der Waals surface area contributed by atoms with Crippen LogP contribution in [0.1, 0.15) is 31.2 Å². The molecule has 0 unspecified atom stereocenters. The van der Waals surface area contributed by atoms with Crippen molar-refractivity contribution in [3.63, 3.8) is 0 Å². The zero-order chi connectivity index (χ0) is 13.4. The molecule has 0 bridgehead atoms. The van der Waals surface area contributed by atoms with Gasteiger partial charge in [0.15, 0.2) is 0 Å². The van der Waals surface area contributed by atoms with E-state index >= 15 is 0 Å². The maximum Gasteiger partial charge on any atom is 0.226 e. The Morgan fingerprint density at radius 2 is 1.83 bits per heavy atom. The summed E-state index contributed by atoms with van der Waals surface area (Å²) in [6.45, 7) is 4.18. The van der Waals surface area contributed by atoms with Gasteiger partial charge in [0.2, 0.25) is 5.89 Å². The molecule has 0 aliphatic rings. The van der Waals surface area contributed by atoms with Crippen molar-refractivity contribution in [2.24, 2.45) is 0 Å². The van der Waals surface area contributed by atoms with Gasteiger partial charge in [-0.05, 0) is 38.2 Å². The third-order valence-electron chi connectivity index (χ3n) is 2.68. The van der Waals surface area contributed by atoms with Gasteiger partial charge < -0.3 is 4.42 Å². The van der Waals surface area contributed by atoms with E-state index in [1.54, 1.807) is 6.26 Å². The average Bonchev–Trinajstić information content (AvgIpc) is 2.81. The Morgan fingerprint density at radius 1 is 1.17 bits per heavy atom. The molecule has 1 heterocycles. The summed E-state index contributed by atoms with van der Waals surface area (Å²) in [5.41, 5.74) is 2.15. The van der Waals surface area contributed by atoms with Gasteiger partial charge in [-0.3, -0.25) is 0 Å². The first-order valence-electron chi connectivity index (χ1n) is 6.27. The number of hydrogen-bond donors (Lipinski definition) is 1. The highest BCUT2D eigenvalue weighted by Crippen LogP contribution is 2.22. The van der Waals surface area contributed by atoms with E-state index in [0.29, 0.717) is 0 Å². The van der Waals surface area contributed by atoms with Crippen molar-refractivity contribution in [2.45, 2.75) is 33.1 Å². The summed E-state index contributed by atoms with van der Waals surface area (Å²) < 4.78 is 5.69. The molecule has 98 valence electrons. The monoisotopic (exact) mass is 263 g/mol. The van der Waals surface area contributed by atoms with Gasteiger partial charge in [-0.2, -0.15) is 12.6 Å². The number of thiol groups is 1. The van der Waals surface area contributed by atoms with Gasteiger partial charge in [-0.15, -0.1) is 0 Å². The van der Waals surface area contributed by atoms with E-state index in [9.17, 15) is 0 Å². The van der Waals surface area contributed by atoms with E-state index in [4.69, 9.17) is 4.42 Å². The van der Waals surface area contributed by atoms with Crippen LogP contribution in [-0.2, 0) is 6.42 Å². The first-order chi connectivity index (χ1) is 8.81. The number of aryl methyl sites for hydroxylation is 2. The van der Waals surface area contributed by atoms with Crippen molar-refractivity contribution < 1.29 is 4.42 Å². The zero-order valence-electron chi connectivity index (χ0n) is 11.3. The number of nitrogens with zero attached hydrogens (tertiary/aromatic N) is 1. The second kappa shape index (κ2) is 7.98. The molecule has 2 rings (SSSR count). The predicted molar refractivity (Wildman–Crippen MR) is 80.2 cm³/mol. The molecule has 1 aromatic heterocycles. The van der Waals surface area contributed by atoms with Crippen LogP contribution < -0.4 is 0 Å². The topological polar surface area (TPSA) is 26.0 Å². The fraction of sp³-hybridized carbons (Fsp3) is 0.400. The van der Waals surface area contributed by atoms with Crippen molar-refractivity contribution in [3.05, 3.63) is 41.8 Å². The molecule has 0 aliphatic heterocycles. The summed E-state index contributed by atoms with van der Waals surface area (Å²) in [6.07, 6.45) is 5.06. The molecule has 0 saturated heterocycles. The maximum atomic E-state index is 5.69. The van der Waals surface area contributed by atoms with Gasteiger partial charge >= 0.3 is 0 Å². The normalized spacial score (nSPS) is 9.78. The van der Waals surface area contributed by atoms with Gasteiger partial charge in [0.05, 0.1) is 5.69 Å². The Labute approximate surface area is 115 Å². The molecule has 0 spiro atoms. The van der Waals surface area contributed by atoms with Gasteiger partial charge in [0.1, 0.15) is 5.76 Å². The number of unbranched alkanes of at least 4 members (excludes halogenated alkanes) is 1. The smallest absolute Gasteiger partial charge is 0.226 e. The molecule has 0 fully saturated rings. The second-order valence-electron chi connectivity index (χ2n) is 3.99. The minimum atomic E-state index is 0.740. The summed E-state index contributed by atoms with van der Waals surface area (Å²) in [4.78, 5) is 4.55. The number of oxazole rings is 1. The minimum absolute atomic E-state index is 0.740. The van der Waals surface area contributed by atoms with Crippen LogP contribution in [0.3, 0.4) is 0 Å². The lowest BCUT2D eigenvalue weighted by Gasteiger charge is -1.93. The Balaban J connectivity index is 0.000000771. The third kappa shape index (κ3) is 3.91. The predicted octanol–water partition coefficient (Wildman–Crippen LogP) is 4.54. The molecule has 2 nitrogen and oxygen atoms in total. The summed E-state index contributed by atoms with van der Waals surface area (Å²) in [5, 5.41) is 0. The molecule has 18 heavy (non-hydrogen) atoms. The van der Waals surface area contributed by atoms with Crippen LogP contribution in [-0.4, -0.2) is 11.2 Å². The van der Waals surface area contributed by atoms with Crippen molar-refractivity contribution in [3.8, 4) is 11.5 Å². The fourth-order valence-corrected chi connectivity index (χ4v) is 1.71. The molecule has 2 aromatic rings. The molecule has 0 amide bonds. The van der Waals surface area contributed by atoms with Crippen LogP contribution in [0.15, 0.2) is 34.7 Å². The molecule has 0 aliphatic carbocycles. The standard InChI is InChI=1S/C14H17NO.CH4S/c1-3-4-10-13-11(2)16-14(15-13)12-8-6-5-7-9-12;1-2/h5-9H,3-4,10H2,1-2H3;2H,1H3. The number of hydrogen-bond acceptors (Lipinski definition) is 3. The first-order valence-corrected chi connectivity index (χ1v) is 7.17. The van der Waals surface area contributed by atoms with Gasteiger partial charge in [0.25, 0.3) is 0 Å². The first kappa shape index (κ1) is 14.8. The van der Waals surface area contributed by atoms with Crippen molar-refractivity contribution in [2.75, 3.05) is 6.26 Å². The fourth-order valence-electron chi connectivity index (χ4n) is 1.71. The quantitative estimate of drug-likeness (QED) is 0.820. The van der Waals surface area contributed by atoms with Crippen molar-refractivity contribution in [1.29, 1.82) is 0 Å². The lowest BCUT2D eigenvalue weighted by molar-refractivity contribution is 0.538. The molecule has 0 atom stereocenters. The molecular weight excluding hydrogens is 242 g/mol. The Hall–Kier alpha value is -1.22. The molecule has 1 aromatic carbocycles. The van der Waals surface area contributed by atoms with Crippen LogP contribution in [0.5, 0.6) is 0 Å². The SMILES string of the molecule is CCCCc1nc(-c2ccccc2)oc1C.CS. The lowest BCUT2D eigenvalue weighted by atomic mass is 10.2. The third-order valence-corrected chi connectivity index (χ3v) is 2.68. The highest BCUT2D eigenvalue weighted by Gasteiger charge is 2.10. The molecular formula is C15H21NOS. The highest BCUT2D eigenvalue weighted by molar-refractivity contribution is 7.79. The van der Waals surface area contributed by atoms with Gasteiger partial charge in [0, 0.05) is 5.56 Å². The van der Waals surface area contributed by atoms with Crippen molar-refractivity contribution in [1.82, 2.24) is 4.98 Å². The van der Waals surface area contributed by atoms with E-state index in [1.165, 1.54) is 12.8 Å². The second-order valence-corrected chi connectivity index (χ2v) is 3.99. The minimum Gasteiger partial charge on any atom is -0.441 e. The molecule has 0 N–H and O–H groups in total. The maximum absolute atomic E-state index is 5.69. The van der Waals surface area contributed by atoms with E-state index in [2.05, 4.69) is 24.5 Å². The van der Waals surface area contributed by atoms with Crippen LogP contribution in [0.25, 0.3) is 11.5 Å². The summed E-state index contributed by atoms with van der Waals surface area (Å²) in [5.74, 6) is 1.69. The molecule has 0 radical (unpaired) electrons. The highest BCUT2D eigenvalue weighted by atomic mass is 32.1. The van der Waals surface area contributed by atoms with E-state index in [0.717, 1.165) is 29.3 Å². The number of rotatable bonds is 4. The van der Waals surface area contributed by atoms with Gasteiger partial charge in [-0.25, -0.2) is 4.98 Å². The largest absolute Gasteiger partial charge is 0.441 e. The van der Waals surface area contributed by atoms with E-state index < -0.39 is 0 Å². The average molecular weight is 263 g/mol. The summed E-state index contributed by atoms with van der Waals surface area (Å²) in [7, 11) is 0. The van der Waals surface area contributed by atoms with Crippen LogP contribution in [0, 0.1) is 6.92 Å². The van der Waals surface area contributed by atoms with Crippen LogP contribution in [0.2, 0.25) is 0 Å². The van der Waals surface area contributed by atoms with E-state index in [1.807, 2.05) is 37.3 Å². The van der Waals surface area contributed by atoms with Crippen LogP contribution in [0.4, 0.5) is 0 Å². The summed E-state index contributed by atoms with van der Waals surface area (Å²) >= 11 is 3.53. The molecule has 0 saturated carbocycles. The summed E-state index contributed by atoms with van der Waals surface area (Å²) in [6, 6.07) is 10.0.